The third kappa shape index (κ3) is 4.04. The van der Waals surface area contributed by atoms with Gasteiger partial charge in [0, 0.05) is 17.2 Å². The summed E-state index contributed by atoms with van der Waals surface area (Å²) >= 11 is 7.34. The SMILES string of the molecule is N#Cc1ccc(Cl)cc1NC(=O)COC(=O)[C@H]1CS[C@]2(c3ccc(F)cc3)CCC(=O)N12. The van der Waals surface area contributed by atoms with Gasteiger partial charge >= 0.3 is 5.97 Å². The van der Waals surface area contributed by atoms with Gasteiger partial charge in [0.05, 0.1) is 11.3 Å². The van der Waals surface area contributed by atoms with E-state index in [2.05, 4.69) is 5.32 Å². The molecule has 2 saturated heterocycles. The first-order valence-electron chi connectivity index (χ1n) is 9.72. The van der Waals surface area contributed by atoms with E-state index in [4.69, 9.17) is 21.6 Å². The number of hydrogen-bond donors (Lipinski definition) is 1. The van der Waals surface area contributed by atoms with Crippen molar-refractivity contribution in [3.05, 3.63) is 64.4 Å². The fraction of sp³-hybridized carbons (Fsp3) is 0.273. The van der Waals surface area contributed by atoms with E-state index >= 15 is 0 Å². The van der Waals surface area contributed by atoms with Gasteiger partial charge in [-0.05, 0) is 42.3 Å². The molecule has 0 aromatic heterocycles. The van der Waals surface area contributed by atoms with Crippen molar-refractivity contribution < 1.29 is 23.5 Å². The molecule has 2 aromatic rings. The lowest BCUT2D eigenvalue weighted by molar-refractivity contribution is -0.155. The van der Waals surface area contributed by atoms with E-state index in [0.717, 1.165) is 5.56 Å². The lowest BCUT2D eigenvalue weighted by Gasteiger charge is -2.33. The number of rotatable bonds is 5. The summed E-state index contributed by atoms with van der Waals surface area (Å²) in [6.07, 6.45) is 0.762. The molecule has 0 spiro atoms. The lowest BCUT2D eigenvalue weighted by atomic mass is 10.0. The van der Waals surface area contributed by atoms with Crippen LogP contribution in [0.3, 0.4) is 0 Å². The zero-order chi connectivity index (χ0) is 22.9. The molecule has 2 aromatic carbocycles. The number of anilines is 1. The topological polar surface area (TPSA) is 99.5 Å². The van der Waals surface area contributed by atoms with Crippen LogP contribution in [0.5, 0.6) is 0 Å². The highest BCUT2D eigenvalue weighted by atomic mass is 35.5. The summed E-state index contributed by atoms with van der Waals surface area (Å²) in [4.78, 5) is 38.4. The molecule has 2 aliphatic heterocycles. The van der Waals surface area contributed by atoms with Crippen LogP contribution < -0.4 is 5.32 Å². The summed E-state index contributed by atoms with van der Waals surface area (Å²) in [6.45, 7) is -0.580. The van der Waals surface area contributed by atoms with Gasteiger partial charge in [0.2, 0.25) is 5.91 Å². The van der Waals surface area contributed by atoms with Crippen LogP contribution in [-0.2, 0) is 24.0 Å². The largest absolute Gasteiger partial charge is 0.454 e. The highest BCUT2D eigenvalue weighted by Crippen LogP contribution is 2.54. The number of nitriles is 1. The maximum atomic E-state index is 13.4. The van der Waals surface area contributed by atoms with Crippen molar-refractivity contribution in [1.29, 1.82) is 5.26 Å². The molecule has 2 heterocycles. The molecule has 4 rings (SSSR count). The minimum Gasteiger partial charge on any atom is -0.454 e. The molecule has 2 atom stereocenters. The Morgan fingerprint density at radius 3 is 2.78 bits per heavy atom. The monoisotopic (exact) mass is 473 g/mol. The van der Waals surface area contributed by atoms with Gasteiger partial charge in [0.15, 0.2) is 6.61 Å². The summed E-state index contributed by atoms with van der Waals surface area (Å²) in [7, 11) is 0. The first-order chi connectivity index (χ1) is 15.3. The number of carbonyl (C=O) groups excluding carboxylic acids is 3. The molecule has 10 heteroatoms. The number of halogens is 2. The van der Waals surface area contributed by atoms with Gasteiger partial charge in [0.1, 0.15) is 22.8 Å². The highest BCUT2D eigenvalue weighted by molar-refractivity contribution is 8.00. The molecule has 2 aliphatic rings. The van der Waals surface area contributed by atoms with Gasteiger partial charge in [-0.3, -0.25) is 9.59 Å². The number of ether oxygens (including phenoxy) is 1. The van der Waals surface area contributed by atoms with Crippen LogP contribution in [-0.4, -0.2) is 41.1 Å². The molecular formula is C22H17ClFN3O4S. The Morgan fingerprint density at radius 2 is 2.06 bits per heavy atom. The number of carbonyl (C=O) groups is 3. The number of esters is 1. The van der Waals surface area contributed by atoms with E-state index < -0.39 is 29.4 Å². The van der Waals surface area contributed by atoms with E-state index in [0.29, 0.717) is 17.2 Å². The van der Waals surface area contributed by atoms with Crippen molar-refractivity contribution in [3.63, 3.8) is 0 Å². The number of amides is 2. The van der Waals surface area contributed by atoms with Gasteiger partial charge in [-0.1, -0.05) is 23.7 Å². The third-order valence-electron chi connectivity index (χ3n) is 5.42. The van der Waals surface area contributed by atoms with Crippen LogP contribution in [0, 0.1) is 17.1 Å². The Bertz CT molecular complexity index is 1140. The molecule has 0 aliphatic carbocycles. The Morgan fingerprint density at radius 1 is 1.31 bits per heavy atom. The highest BCUT2D eigenvalue weighted by Gasteiger charge is 2.57. The molecule has 0 unspecified atom stereocenters. The molecule has 0 radical (unpaired) electrons. The quantitative estimate of drug-likeness (QED) is 0.668. The van der Waals surface area contributed by atoms with Crippen LogP contribution >= 0.6 is 23.4 Å². The maximum Gasteiger partial charge on any atom is 0.330 e. The van der Waals surface area contributed by atoms with E-state index in [9.17, 15) is 18.8 Å². The minimum atomic E-state index is -0.853. The zero-order valence-electron chi connectivity index (χ0n) is 16.6. The smallest absolute Gasteiger partial charge is 0.330 e. The second-order valence-corrected chi connectivity index (χ2v) is 9.07. The standard InChI is InChI=1S/C22H17ClFN3O4S/c23-15-4-1-13(10-25)17(9-15)26-19(28)11-31-21(30)18-12-32-22(8-7-20(29)27(18)22)14-2-5-16(24)6-3-14/h1-6,9,18H,7-8,11-12H2,(H,26,28)/t18-,22+/m1/s1. The van der Waals surface area contributed by atoms with Crippen molar-refractivity contribution >= 4 is 46.8 Å². The summed E-state index contributed by atoms with van der Waals surface area (Å²) in [6, 6.07) is 11.4. The third-order valence-corrected chi connectivity index (χ3v) is 7.25. The van der Waals surface area contributed by atoms with Crippen LogP contribution in [0.1, 0.15) is 24.0 Å². The first kappa shape index (κ1) is 22.1. The molecule has 32 heavy (non-hydrogen) atoms. The Balaban J connectivity index is 1.43. The van der Waals surface area contributed by atoms with Crippen molar-refractivity contribution in [2.75, 3.05) is 17.7 Å². The van der Waals surface area contributed by atoms with E-state index in [-0.39, 0.29) is 29.4 Å². The molecule has 164 valence electrons. The maximum absolute atomic E-state index is 13.4. The minimum absolute atomic E-state index is 0.191. The van der Waals surface area contributed by atoms with Crippen molar-refractivity contribution in [2.45, 2.75) is 23.8 Å². The van der Waals surface area contributed by atoms with Crippen LogP contribution in [0.15, 0.2) is 42.5 Å². The second-order valence-electron chi connectivity index (χ2n) is 7.34. The molecule has 2 fully saturated rings. The van der Waals surface area contributed by atoms with Gasteiger partial charge < -0.3 is 15.0 Å². The molecule has 2 amide bonds. The zero-order valence-corrected chi connectivity index (χ0v) is 18.2. The van der Waals surface area contributed by atoms with Crippen molar-refractivity contribution in [3.8, 4) is 6.07 Å². The van der Waals surface area contributed by atoms with Gasteiger partial charge in [-0.15, -0.1) is 11.8 Å². The second kappa shape index (κ2) is 8.81. The number of benzene rings is 2. The summed E-state index contributed by atoms with van der Waals surface area (Å²) < 4.78 is 18.6. The van der Waals surface area contributed by atoms with Gasteiger partial charge in [0.25, 0.3) is 5.91 Å². The molecule has 7 nitrogen and oxygen atoms in total. The van der Waals surface area contributed by atoms with Crippen molar-refractivity contribution in [1.82, 2.24) is 4.90 Å². The van der Waals surface area contributed by atoms with E-state index in [1.54, 1.807) is 12.1 Å². The number of nitrogens with zero attached hydrogens (tertiary/aromatic N) is 2. The van der Waals surface area contributed by atoms with Gasteiger partial charge in [-0.2, -0.15) is 5.26 Å². The predicted octanol–water partition coefficient (Wildman–Crippen LogP) is 3.42. The number of thioether (sulfide) groups is 1. The molecule has 1 N–H and O–H groups in total. The molecular weight excluding hydrogens is 457 g/mol. The average molecular weight is 474 g/mol. The first-order valence-corrected chi connectivity index (χ1v) is 11.1. The van der Waals surface area contributed by atoms with E-state index in [1.165, 1.54) is 47.0 Å². The Hall–Kier alpha value is -3.09. The van der Waals surface area contributed by atoms with Gasteiger partial charge in [-0.25, -0.2) is 9.18 Å². The number of hydrogen-bond acceptors (Lipinski definition) is 6. The number of fused-ring (bicyclic) bond motifs is 1. The normalized spacial score (nSPS) is 21.7. The van der Waals surface area contributed by atoms with Crippen LogP contribution in [0.25, 0.3) is 0 Å². The summed E-state index contributed by atoms with van der Waals surface area (Å²) in [5, 5.41) is 12.0. The lowest BCUT2D eigenvalue weighted by Crippen LogP contribution is -2.47. The molecule has 0 bridgehead atoms. The van der Waals surface area contributed by atoms with Crippen LogP contribution in [0.4, 0.5) is 10.1 Å². The van der Waals surface area contributed by atoms with E-state index in [1.807, 2.05) is 6.07 Å². The number of nitrogens with one attached hydrogen (secondary N) is 1. The van der Waals surface area contributed by atoms with Crippen molar-refractivity contribution in [2.24, 2.45) is 0 Å². The summed E-state index contributed by atoms with van der Waals surface area (Å²) in [5.41, 5.74) is 1.17. The predicted molar refractivity (Wildman–Crippen MR) is 116 cm³/mol. The van der Waals surface area contributed by atoms with Crippen LogP contribution in [0.2, 0.25) is 5.02 Å². The Labute approximate surface area is 192 Å². The average Bonchev–Trinajstić information content (AvgIpc) is 3.32. The fourth-order valence-corrected chi connectivity index (χ4v) is 5.77. The fourth-order valence-electron chi connectivity index (χ4n) is 3.96. The Kier molecular flexibility index (Phi) is 6.09. The summed E-state index contributed by atoms with van der Waals surface area (Å²) in [5.74, 6) is -1.61. The molecule has 0 saturated carbocycles.